The first-order valence-corrected chi connectivity index (χ1v) is 4.85. The van der Waals surface area contributed by atoms with Gasteiger partial charge >= 0.3 is 0 Å². The molecule has 82 valence electrons. The maximum atomic E-state index is 13.2. The summed E-state index contributed by atoms with van der Waals surface area (Å²) in [5, 5.41) is 5.61. The van der Waals surface area contributed by atoms with Gasteiger partial charge in [0.2, 0.25) is 5.91 Å². The summed E-state index contributed by atoms with van der Waals surface area (Å²) in [6.45, 7) is 1.64. The summed E-state index contributed by atoms with van der Waals surface area (Å²) in [6.07, 6.45) is 0. The minimum atomic E-state index is -0.511. The number of hydrogen-bond acceptors (Lipinski definition) is 2. The number of carbonyl (C=O) groups is 1. The van der Waals surface area contributed by atoms with Crippen LogP contribution < -0.4 is 10.6 Å². The Hall–Kier alpha value is -1.29. The molecule has 0 bridgehead atoms. The van der Waals surface area contributed by atoms with Crippen molar-refractivity contribution in [3.05, 3.63) is 29.0 Å². The molecule has 0 aliphatic carbocycles. The number of amides is 1. The van der Waals surface area contributed by atoms with Gasteiger partial charge in [0, 0.05) is 12.1 Å². The highest BCUT2D eigenvalue weighted by atomic mass is 35.5. The zero-order valence-corrected chi connectivity index (χ0v) is 9.23. The molecule has 5 heteroatoms. The topological polar surface area (TPSA) is 41.1 Å². The van der Waals surface area contributed by atoms with Gasteiger partial charge in [0.15, 0.2) is 0 Å². The molecule has 0 radical (unpaired) electrons. The van der Waals surface area contributed by atoms with E-state index in [-0.39, 0.29) is 11.6 Å². The summed E-state index contributed by atoms with van der Waals surface area (Å²) < 4.78 is 13.2. The zero-order chi connectivity index (χ0) is 11.4. The third-order valence-corrected chi connectivity index (χ3v) is 2.18. The van der Waals surface area contributed by atoms with Crippen molar-refractivity contribution >= 4 is 23.2 Å². The van der Waals surface area contributed by atoms with Gasteiger partial charge in [-0.1, -0.05) is 11.6 Å². The van der Waals surface area contributed by atoms with Crippen molar-refractivity contribution in [2.45, 2.75) is 13.0 Å². The van der Waals surface area contributed by atoms with Crippen LogP contribution in [-0.2, 0) is 4.79 Å². The predicted molar refractivity (Wildman–Crippen MR) is 58.6 cm³/mol. The van der Waals surface area contributed by atoms with Gasteiger partial charge in [-0.25, -0.2) is 4.39 Å². The van der Waals surface area contributed by atoms with E-state index in [2.05, 4.69) is 10.6 Å². The van der Waals surface area contributed by atoms with Gasteiger partial charge < -0.3 is 10.6 Å². The standard InChI is InChI=1S/C10H12ClFN2O/c1-6(10(15)13-2)14-9-5-7(11)3-4-8(9)12/h3-6,14H,1-2H3,(H,13,15). The van der Waals surface area contributed by atoms with Crippen molar-refractivity contribution in [1.29, 1.82) is 0 Å². The van der Waals surface area contributed by atoms with Gasteiger partial charge in [-0.05, 0) is 25.1 Å². The minimum absolute atomic E-state index is 0.214. The molecule has 0 aromatic heterocycles. The molecule has 0 heterocycles. The molecule has 15 heavy (non-hydrogen) atoms. The average Bonchev–Trinajstić information content (AvgIpc) is 2.22. The molecule has 2 N–H and O–H groups in total. The van der Waals surface area contributed by atoms with Crippen molar-refractivity contribution in [1.82, 2.24) is 5.32 Å². The molecule has 0 spiro atoms. The molecule has 1 unspecified atom stereocenters. The van der Waals surface area contributed by atoms with Crippen molar-refractivity contribution in [3.8, 4) is 0 Å². The highest BCUT2D eigenvalue weighted by molar-refractivity contribution is 6.30. The number of anilines is 1. The van der Waals surface area contributed by atoms with Crippen LogP contribution in [0.1, 0.15) is 6.92 Å². The van der Waals surface area contributed by atoms with Crippen molar-refractivity contribution in [2.24, 2.45) is 0 Å². The number of carbonyl (C=O) groups excluding carboxylic acids is 1. The van der Waals surface area contributed by atoms with Crippen molar-refractivity contribution in [3.63, 3.8) is 0 Å². The smallest absolute Gasteiger partial charge is 0.241 e. The fourth-order valence-electron chi connectivity index (χ4n) is 1.12. The van der Waals surface area contributed by atoms with Crippen LogP contribution in [0, 0.1) is 5.82 Å². The lowest BCUT2D eigenvalue weighted by Gasteiger charge is -2.14. The van der Waals surface area contributed by atoms with E-state index in [4.69, 9.17) is 11.6 Å². The molecule has 0 saturated heterocycles. The monoisotopic (exact) mass is 230 g/mol. The molecule has 1 rings (SSSR count). The highest BCUT2D eigenvalue weighted by Crippen LogP contribution is 2.20. The average molecular weight is 231 g/mol. The molecular formula is C10H12ClFN2O. The van der Waals surface area contributed by atoms with Crippen LogP contribution in [0.5, 0.6) is 0 Å². The first kappa shape index (κ1) is 11.8. The zero-order valence-electron chi connectivity index (χ0n) is 8.47. The fraction of sp³-hybridized carbons (Fsp3) is 0.300. The summed E-state index contributed by atoms with van der Waals surface area (Å²) in [5.74, 6) is -0.649. The lowest BCUT2D eigenvalue weighted by molar-refractivity contribution is -0.121. The minimum Gasteiger partial charge on any atom is -0.371 e. The van der Waals surface area contributed by atoms with Crippen LogP contribution in [0.15, 0.2) is 18.2 Å². The number of likely N-dealkylation sites (N-methyl/N-ethyl adjacent to an activating group) is 1. The van der Waals surface area contributed by atoms with Crippen LogP contribution in [0.3, 0.4) is 0 Å². The first-order valence-electron chi connectivity index (χ1n) is 4.47. The van der Waals surface area contributed by atoms with Crippen LogP contribution in [-0.4, -0.2) is 19.0 Å². The maximum Gasteiger partial charge on any atom is 0.241 e. The molecule has 0 saturated carbocycles. The second kappa shape index (κ2) is 4.98. The molecule has 1 atom stereocenters. The van der Waals surface area contributed by atoms with Gasteiger partial charge in [-0.3, -0.25) is 4.79 Å². The molecule has 1 amide bonds. The Kier molecular flexibility index (Phi) is 3.91. The Labute approximate surface area is 92.6 Å². The molecule has 1 aromatic rings. The van der Waals surface area contributed by atoms with Gasteiger partial charge in [-0.2, -0.15) is 0 Å². The molecule has 3 nitrogen and oxygen atoms in total. The van der Waals surface area contributed by atoms with Gasteiger partial charge in [0.1, 0.15) is 11.9 Å². The number of benzene rings is 1. The number of halogens is 2. The second-order valence-corrected chi connectivity index (χ2v) is 3.54. The summed E-state index contributed by atoms with van der Waals surface area (Å²) in [7, 11) is 1.52. The normalized spacial score (nSPS) is 12.0. The Morgan fingerprint density at radius 3 is 2.80 bits per heavy atom. The van der Waals surface area contributed by atoms with Gasteiger partial charge in [0.05, 0.1) is 5.69 Å². The van der Waals surface area contributed by atoms with E-state index in [1.807, 2.05) is 0 Å². The Balaban J connectivity index is 2.80. The van der Waals surface area contributed by atoms with E-state index >= 15 is 0 Å². The Bertz CT molecular complexity index is 370. The largest absolute Gasteiger partial charge is 0.371 e. The second-order valence-electron chi connectivity index (χ2n) is 3.10. The van der Waals surface area contributed by atoms with Crippen molar-refractivity contribution in [2.75, 3.05) is 12.4 Å². The molecule has 0 aliphatic rings. The third-order valence-electron chi connectivity index (χ3n) is 1.94. The number of rotatable bonds is 3. The first-order chi connectivity index (χ1) is 7.04. The van der Waals surface area contributed by atoms with E-state index in [9.17, 15) is 9.18 Å². The van der Waals surface area contributed by atoms with E-state index in [1.54, 1.807) is 6.92 Å². The van der Waals surface area contributed by atoms with Crippen LogP contribution in [0.2, 0.25) is 5.02 Å². The van der Waals surface area contributed by atoms with Crippen LogP contribution >= 0.6 is 11.6 Å². The molecule has 0 fully saturated rings. The number of hydrogen-bond donors (Lipinski definition) is 2. The quantitative estimate of drug-likeness (QED) is 0.834. The van der Waals surface area contributed by atoms with E-state index in [1.165, 1.54) is 25.2 Å². The van der Waals surface area contributed by atoms with Gasteiger partial charge in [0.25, 0.3) is 0 Å². The van der Waals surface area contributed by atoms with E-state index in [0.29, 0.717) is 5.02 Å². The summed E-state index contributed by atoms with van der Waals surface area (Å²) in [5.41, 5.74) is 0.221. The molecular weight excluding hydrogens is 219 g/mol. The lowest BCUT2D eigenvalue weighted by atomic mass is 10.2. The lowest BCUT2D eigenvalue weighted by Crippen LogP contribution is -2.35. The Morgan fingerprint density at radius 2 is 2.20 bits per heavy atom. The number of nitrogens with one attached hydrogen (secondary N) is 2. The maximum absolute atomic E-state index is 13.2. The Morgan fingerprint density at radius 1 is 1.53 bits per heavy atom. The molecule has 1 aromatic carbocycles. The van der Waals surface area contributed by atoms with E-state index < -0.39 is 11.9 Å². The van der Waals surface area contributed by atoms with Gasteiger partial charge in [-0.15, -0.1) is 0 Å². The summed E-state index contributed by atoms with van der Waals surface area (Å²) in [6, 6.07) is 3.63. The van der Waals surface area contributed by atoms with E-state index in [0.717, 1.165) is 0 Å². The highest BCUT2D eigenvalue weighted by Gasteiger charge is 2.12. The van der Waals surface area contributed by atoms with Crippen LogP contribution in [0.25, 0.3) is 0 Å². The van der Waals surface area contributed by atoms with Crippen molar-refractivity contribution < 1.29 is 9.18 Å². The molecule has 0 aliphatic heterocycles. The fourth-order valence-corrected chi connectivity index (χ4v) is 1.30. The SMILES string of the molecule is CNC(=O)C(C)Nc1cc(Cl)ccc1F. The predicted octanol–water partition coefficient (Wildman–Crippen LogP) is 2.03. The third kappa shape index (κ3) is 3.09. The summed E-state index contributed by atoms with van der Waals surface area (Å²) in [4.78, 5) is 11.2. The summed E-state index contributed by atoms with van der Waals surface area (Å²) >= 11 is 5.71. The van der Waals surface area contributed by atoms with Crippen LogP contribution in [0.4, 0.5) is 10.1 Å².